The number of fused-ring (bicyclic) bond motifs is 3. The molecule has 3 amide bonds. The lowest BCUT2D eigenvalue weighted by molar-refractivity contribution is -0.160. The molecule has 9 heteroatoms. The van der Waals surface area contributed by atoms with E-state index in [1.54, 1.807) is 20.8 Å². The first-order valence-corrected chi connectivity index (χ1v) is 13.8. The van der Waals surface area contributed by atoms with Gasteiger partial charge in [0.25, 0.3) is 0 Å². The number of alkyl carbamates (subject to hydrolysis) is 1. The highest BCUT2D eigenvalue weighted by molar-refractivity contribution is 5.92. The number of amides is 3. The molecule has 2 aromatic rings. The molecule has 0 saturated heterocycles. The van der Waals surface area contributed by atoms with Crippen LogP contribution >= 0.6 is 0 Å². The lowest BCUT2D eigenvalue weighted by Gasteiger charge is -2.28. The molecule has 0 fully saturated rings. The Morgan fingerprint density at radius 3 is 1.82 bits per heavy atom. The van der Waals surface area contributed by atoms with Gasteiger partial charge >= 0.3 is 12.1 Å². The van der Waals surface area contributed by atoms with E-state index >= 15 is 0 Å². The Morgan fingerprint density at radius 2 is 1.30 bits per heavy atom. The predicted molar refractivity (Wildman–Crippen MR) is 153 cm³/mol. The van der Waals surface area contributed by atoms with Gasteiger partial charge in [-0.25, -0.2) is 9.59 Å². The molecule has 0 radical (unpaired) electrons. The third-order valence-electron chi connectivity index (χ3n) is 6.99. The minimum atomic E-state index is -0.956. The lowest BCUT2D eigenvalue weighted by atomic mass is 9.98. The lowest BCUT2D eigenvalue weighted by Crippen LogP contribution is -2.55. The Morgan fingerprint density at radius 1 is 0.800 bits per heavy atom. The van der Waals surface area contributed by atoms with Crippen molar-refractivity contribution in [3.63, 3.8) is 0 Å². The summed E-state index contributed by atoms with van der Waals surface area (Å²) in [6.45, 7) is 12.2. The second-order valence-electron chi connectivity index (χ2n) is 11.3. The third kappa shape index (κ3) is 7.61. The molecular weight excluding hydrogens is 510 g/mol. The quantitative estimate of drug-likeness (QED) is 0.379. The van der Waals surface area contributed by atoms with Crippen molar-refractivity contribution >= 4 is 23.9 Å². The van der Waals surface area contributed by atoms with Crippen LogP contribution in [0.25, 0.3) is 11.1 Å². The number of hydrogen-bond acceptors (Lipinski definition) is 6. The van der Waals surface area contributed by atoms with Crippen LogP contribution < -0.4 is 16.0 Å². The summed E-state index contributed by atoms with van der Waals surface area (Å²) in [7, 11) is 0. The zero-order valence-corrected chi connectivity index (χ0v) is 24.4. The molecule has 0 aliphatic heterocycles. The average Bonchev–Trinajstić information content (AvgIpc) is 3.22. The van der Waals surface area contributed by atoms with Crippen LogP contribution in [0.5, 0.6) is 0 Å². The summed E-state index contributed by atoms with van der Waals surface area (Å²) in [5.74, 6) is -1.89. The molecule has 0 spiro atoms. The maximum absolute atomic E-state index is 12.8. The summed E-state index contributed by atoms with van der Waals surface area (Å²) in [5, 5.41) is 7.82. The molecule has 3 N–H and O–H groups in total. The fraction of sp³-hybridized carbons (Fsp3) is 0.484. The fourth-order valence-electron chi connectivity index (χ4n) is 4.60. The molecule has 0 unspecified atom stereocenters. The number of nitrogens with one attached hydrogen (secondary N) is 3. The molecule has 2 aromatic carbocycles. The van der Waals surface area contributed by atoms with Crippen LogP contribution in [-0.2, 0) is 23.9 Å². The van der Waals surface area contributed by atoms with Crippen LogP contribution in [-0.4, -0.2) is 54.2 Å². The summed E-state index contributed by atoms with van der Waals surface area (Å²) in [6.07, 6.45) is -0.0881. The van der Waals surface area contributed by atoms with Crippen LogP contribution in [0.15, 0.2) is 48.5 Å². The van der Waals surface area contributed by atoms with E-state index in [4.69, 9.17) is 9.47 Å². The van der Waals surface area contributed by atoms with E-state index in [1.807, 2.05) is 50.2 Å². The van der Waals surface area contributed by atoms with E-state index in [2.05, 4.69) is 28.1 Å². The zero-order chi connectivity index (χ0) is 29.6. The van der Waals surface area contributed by atoms with Crippen molar-refractivity contribution in [3.05, 3.63) is 59.7 Å². The number of ether oxygens (including phenoxy) is 2. The van der Waals surface area contributed by atoms with Crippen molar-refractivity contribution in [3.8, 4) is 11.1 Å². The van der Waals surface area contributed by atoms with Crippen LogP contribution in [0, 0.1) is 5.92 Å². The van der Waals surface area contributed by atoms with Gasteiger partial charge in [-0.15, -0.1) is 0 Å². The SMILES string of the molecule is CC[C@H](C)[C@H](NC(=O)[C@H](C)NC(=O)[C@H](C)NC(=O)OCC1c2ccccc2-c2ccccc21)C(=O)OC(C)(C)C. The highest BCUT2D eigenvalue weighted by Gasteiger charge is 2.33. The van der Waals surface area contributed by atoms with E-state index in [9.17, 15) is 19.2 Å². The molecule has 0 heterocycles. The van der Waals surface area contributed by atoms with E-state index in [0.717, 1.165) is 22.3 Å². The van der Waals surface area contributed by atoms with E-state index in [1.165, 1.54) is 13.8 Å². The maximum Gasteiger partial charge on any atom is 0.407 e. The molecule has 40 heavy (non-hydrogen) atoms. The Kier molecular flexibility index (Phi) is 9.95. The first-order chi connectivity index (χ1) is 18.8. The summed E-state index contributed by atoms with van der Waals surface area (Å²) in [5.41, 5.74) is 3.71. The van der Waals surface area contributed by atoms with Gasteiger partial charge in [0.05, 0.1) is 0 Å². The van der Waals surface area contributed by atoms with Crippen molar-refractivity contribution < 1.29 is 28.7 Å². The predicted octanol–water partition coefficient (Wildman–Crippen LogP) is 4.29. The summed E-state index contributed by atoms with van der Waals surface area (Å²) in [4.78, 5) is 50.8. The molecule has 0 bridgehead atoms. The third-order valence-corrected chi connectivity index (χ3v) is 6.99. The average molecular weight is 552 g/mol. The van der Waals surface area contributed by atoms with Crippen molar-refractivity contribution in [1.29, 1.82) is 0 Å². The Balaban J connectivity index is 1.52. The van der Waals surface area contributed by atoms with E-state index < -0.39 is 47.6 Å². The minimum absolute atomic E-state index is 0.102. The molecule has 1 aliphatic rings. The molecule has 1 aliphatic carbocycles. The van der Waals surface area contributed by atoms with Gasteiger partial charge in [0.2, 0.25) is 11.8 Å². The number of hydrogen-bond donors (Lipinski definition) is 3. The molecule has 0 aromatic heterocycles. The Labute approximate surface area is 236 Å². The normalized spacial score (nSPS) is 15.5. The highest BCUT2D eigenvalue weighted by atomic mass is 16.6. The van der Waals surface area contributed by atoms with Gasteiger partial charge in [0.1, 0.15) is 30.3 Å². The zero-order valence-electron chi connectivity index (χ0n) is 24.4. The van der Waals surface area contributed by atoms with Gasteiger partial charge in [0.15, 0.2) is 0 Å². The highest BCUT2D eigenvalue weighted by Crippen LogP contribution is 2.44. The number of carbonyl (C=O) groups excluding carboxylic acids is 4. The Bertz CT molecular complexity index is 1190. The monoisotopic (exact) mass is 551 g/mol. The minimum Gasteiger partial charge on any atom is -0.458 e. The fourth-order valence-corrected chi connectivity index (χ4v) is 4.60. The van der Waals surface area contributed by atoms with Gasteiger partial charge in [0, 0.05) is 5.92 Å². The van der Waals surface area contributed by atoms with Gasteiger partial charge in [-0.3, -0.25) is 9.59 Å². The first-order valence-electron chi connectivity index (χ1n) is 13.8. The molecular formula is C31H41N3O6. The second-order valence-corrected chi connectivity index (χ2v) is 11.3. The maximum atomic E-state index is 12.8. The topological polar surface area (TPSA) is 123 Å². The Hall–Kier alpha value is -3.88. The second kappa shape index (κ2) is 13.0. The molecule has 3 rings (SSSR count). The van der Waals surface area contributed by atoms with Gasteiger partial charge in [-0.1, -0.05) is 68.8 Å². The number of rotatable bonds is 10. The van der Waals surface area contributed by atoms with Crippen molar-refractivity contribution in [2.45, 2.75) is 84.5 Å². The van der Waals surface area contributed by atoms with Gasteiger partial charge in [-0.2, -0.15) is 0 Å². The largest absolute Gasteiger partial charge is 0.458 e. The van der Waals surface area contributed by atoms with Gasteiger partial charge < -0.3 is 25.4 Å². The van der Waals surface area contributed by atoms with Crippen LogP contribution in [0.4, 0.5) is 4.79 Å². The van der Waals surface area contributed by atoms with Crippen molar-refractivity contribution in [1.82, 2.24) is 16.0 Å². The molecule has 4 atom stereocenters. The van der Waals surface area contributed by atoms with E-state index in [-0.39, 0.29) is 18.4 Å². The van der Waals surface area contributed by atoms with Crippen LogP contribution in [0.1, 0.15) is 71.9 Å². The molecule has 0 saturated carbocycles. The van der Waals surface area contributed by atoms with Crippen molar-refractivity contribution in [2.75, 3.05) is 6.61 Å². The number of esters is 1. The molecule has 216 valence electrons. The van der Waals surface area contributed by atoms with Crippen molar-refractivity contribution in [2.24, 2.45) is 5.92 Å². The van der Waals surface area contributed by atoms with Crippen LogP contribution in [0.2, 0.25) is 0 Å². The summed E-state index contributed by atoms with van der Waals surface area (Å²) < 4.78 is 11.0. The smallest absolute Gasteiger partial charge is 0.407 e. The summed E-state index contributed by atoms with van der Waals surface area (Å²) in [6, 6.07) is 13.3. The van der Waals surface area contributed by atoms with E-state index in [0.29, 0.717) is 6.42 Å². The standard InChI is InChI=1S/C31H41N3O6/c1-8-18(2)26(29(37)40-31(5,6)7)34-28(36)19(3)32-27(35)20(4)33-30(38)39-17-25-23-15-11-9-13-21(23)22-14-10-12-16-24(22)25/h9-16,18-20,25-26H,8,17H2,1-7H3,(H,32,35)(H,33,38)(H,34,36)/t18-,19-,20-,26-/m0/s1. The number of carbonyl (C=O) groups is 4. The first kappa shape index (κ1) is 30.7. The van der Waals surface area contributed by atoms with Crippen LogP contribution in [0.3, 0.4) is 0 Å². The molecule has 9 nitrogen and oxygen atoms in total. The summed E-state index contributed by atoms with van der Waals surface area (Å²) >= 11 is 0. The van der Waals surface area contributed by atoms with Gasteiger partial charge in [-0.05, 0) is 62.8 Å². The number of benzene rings is 2.